The molecule has 0 bridgehead atoms. The van der Waals surface area contributed by atoms with Gasteiger partial charge in [0.25, 0.3) is 0 Å². The molecule has 0 aromatic carbocycles. The Morgan fingerprint density at radius 3 is 2.12 bits per heavy atom. The summed E-state index contributed by atoms with van der Waals surface area (Å²) in [6.45, 7) is 0. The van der Waals surface area contributed by atoms with Crippen molar-refractivity contribution < 1.29 is 14.4 Å². The van der Waals surface area contributed by atoms with Crippen molar-refractivity contribution in [3.63, 3.8) is 0 Å². The summed E-state index contributed by atoms with van der Waals surface area (Å²) < 4.78 is 9.92. The van der Waals surface area contributed by atoms with Gasteiger partial charge in [0, 0.05) is 0 Å². The molecule has 0 saturated heterocycles. The summed E-state index contributed by atoms with van der Waals surface area (Å²) in [6.07, 6.45) is -0.646. The third-order valence-corrected chi connectivity index (χ3v) is 1.13. The fourth-order valence-electron chi connectivity index (χ4n) is 0.222. The van der Waals surface area contributed by atoms with Crippen LogP contribution in [0.4, 0.5) is 0 Å². The van der Waals surface area contributed by atoms with Crippen LogP contribution in [0.15, 0.2) is 0 Å². The van der Waals surface area contributed by atoms with E-state index in [0.717, 1.165) is 0 Å². The van der Waals surface area contributed by atoms with Gasteiger partial charge in [0.15, 0.2) is 0 Å². The standard InChI is InChI=1S/C2H7N2O3P/c3-2(4)1-8(5,6)7/h1H2,(H3,3,4)(H2,5,6,7). The molecule has 48 valence electrons. The molecule has 0 aliphatic rings. The maximum Gasteiger partial charge on any atom is 0.333 e. The highest BCUT2D eigenvalue weighted by Crippen LogP contribution is 2.32. The van der Waals surface area contributed by atoms with Gasteiger partial charge >= 0.3 is 7.60 Å². The Morgan fingerprint density at radius 1 is 1.75 bits per heavy atom. The zero-order chi connectivity index (χ0) is 6.78. The SMILES string of the molecule is N=C(N)CP(=O)(O)O. The van der Waals surface area contributed by atoms with Crippen molar-refractivity contribution in [2.45, 2.75) is 0 Å². The number of nitrogens with one attached hydrogen (secondary N) is 1. The van der Waals surface area contributed by atoms with Crippen molar-refractivity contribution >= 4 is 13.4 Å². The predicted molar refractivity (Wildman–Crippen MR) is 28.8 cm³/mol. The number of hydrogen-bond acceptors (Lipinski definition) is 2. The van der Waals surface area contributed by atoms with E-state index in [1.807, 2.05) is 0 Å². The van der Waals surface area contributed by atoms with Gasteiger partial charge in [0.1, 0.15) is 12.0 Å². The van der Waals surface area contributed by atoms with Crippen molar-refractivity contribution in [2.24, 2.45) is 5.73 Å². The van der Waals surface area contributed by atoms with E-state index < -0.39 is 19.6 Å². The van der Waals surface area contributed by atoms with E-state index in [2.05, 4.69) is 5.73 Å². The average Bonchev–Trinajstić information content (AvgIpc) is 1.21. The Balaban J connectivity index is 3.74. The van der Waals surface area contributed by atoms with Crippen LogP contribution in [0, 0.1) is 5.41 Å². The lowest BCUT2D eigenvalue weighted by Crippen LogP contribution is -2.14. The smallest absolute Gasteiger partial charge is 0.333 e. The lowest BCUT2D eigenvalue weighted by molar-refractivity contribution is 0.378. The third-order valence-electron chi connectivity index (χ3n) is 0.376. The van der Waals surface area contributed by atoms with E-state index in [1.54, 1.807) is 0 Å². The molecule has 8 heavy (non-hydrogen) atoms. The molecule has 0 unspecified atom stereocenters. The normalized spacial score (nSPS) is 11.2. The molecule has 5 N–H and O–H groups in total. The van der Waals surface area contributed by atoms with Gasteiger partial charge in [-0.15, -0.1) is 0 Å². The topological polar surface area (TPSA) is 107 Å². The van der Waals surface area contributed by atoms with E-state index in [1.165, 1.54) is 0 Å². The molecule has 0 radical (unpaired) electrons. The molecule has 5 nitrogen and oxygen atoms in total. The van der Waals surface area contributed by atoms with E-state index >= 15 is 0 Å². The van der Waals surface area contributed by atoms with Crippen LogP contribution < -0.4 is 5.73 Å². The first kappa shape index (κ1) is 7.62. The minimum absolute atomic E-state index is 0.488. The second-order valence-electron chi connectivity index (χ2n) is 1.35. The van der Waals surface area contributed by atoms with Gasteiger partial charge in [-0.1, -0.05) is 0 Å². The summed E-state index contributed by atoms with van der Waals surface area (Å²) in [4.78, 5) is 16.2. The molecular formula is C2H7N2O3P. The number of hydrogen-bond donors (Lipinski definition) is 4. The highest BCUT2D eigenvalue weighted by Gasteiger charge is 2.13. The number of nitrogens with two attached hydrogens (primary N) is 1. The van der Waals surface area contributed by atoms with Gasteiger partial charge in [-0.2, -0.15) is 0 Å². The monoisotopic (exact) mass is 138 g/mol. The van der Waals surface area contributed by atoms with Gasteiger partial charge in [0.2, 0.25) is 0 Å². The van der Waals surface area contributed by atoms with Gasteiger partial charge in [-0.3, -0.25) is 9.97 Å². The molecule has 0 aromatic heterocycles. The van der Waals surface area contributed by atoms with E-state index in [0.29, 0.717) is 0 Å². The molecule has 0 saturated carbocycles. The van der Waals surface area contributed by atoms with Gasteiger partial charge in [-0.05, 0) is 0 Å². The van der Waals surface area contributed by atoms with Crippen LogP contribution in [0.3, 0.4) is 0 Å². The largest absolute Gasteiger partial charge is 0.387 e. The minimum Gasteiger partial charge on any atom is -0.387 e. The fraction of sp³-hybridized carbons (Fsp3) is 0.500. The summed E-state index contributed by atoms with van der Waals surface area (Å²) in [5.74, 6) is -0.488. The van der Waals surface area contributed by atoms with Crippen molar-refractivity contribution in [1.29, 1.82) is 5.41 Å². The van der Waals surface area contributed by atoms with Crippen molar-refractivity contribution in [3.8, 4) is 0 Å². The lowest BCUT2D eigenvalue weighted by atomic mass is 10.7. The maximum absolute atomic E-state index is 9.92. The molecule has 0 atom stereocenters. The predicted octanol–water partition coefficient (Wildman–Crippen LogP) is -0.900. The van der Waals surface area contributed by atoms with Crippen LogP contribution in [0.1, 0.15) is 0 Å². The van der Waals surface area contributed by atoms with Gasteiger partial charge in [-0.25, -0.2) is 0 Å². The zero-order valence-electron chi connectivity index (χ0n) is 4.03. The van der Waals surface area contributed by atoms with Crippen molar-refractivity contribution in [2.75, 3.05) is 6.16 Å². The molecule has 0 amide bonds. The highest BCUT2D eigenvalue weighted by atomic mass is 31.2. The first-order valence-corrected chi connectivity index (χ1v) is 3.59. The summed E-state index contributed by atoms with van der Waals surface area (Å²) in [7, 11) is -4.07. The highest BCUT2D eigenvalue weighted by molar-refractivity contribution is 7.52. The Bertz CT molecular complexity index is 138. The molecule has 0 heterocycles. The summed E-state index contributed by atoms with van der Waals surface area (Å²) in [5.41, 5.74) is 4.67. The van der Waals surface area contributed by atoms with Gasteiger partial charge < -0.3 is 15.5 Å². The Morgan fingerprint density at radius 2 is 2.12 bits per heavy atom. The Labute approximate surface area is 46.2 Å². The van der Waals surface area contributed by atoms with Crippen molar-refractivity contribution in [1.82, 2.24) is 0 Å². The molecule has 6 heteroatoms. The molecular weight excluding hydrogens is 131 g/mol. The number of rotatable bonds is 2. The van der Waals surface area contributed by atoms with Crippen LogP contribution in [-0.4, -0.2) is 21.8 Å². The van der Waals surface area contributed by atoms with Crippen LogP contribution in [0.25, 0.3) is 0 Å². The first-order chi connectivity index (χ1) is 3.42. The van der Waals surface area contributed by atoms with Crippen LogP contribution >= 0.6 is 7.60 Å². The maximum atomic E-state index is 9.92. The van der Waals surface area contributed by atoms with E-state index in [9.17, 15) is 4.57 Å². The van der Waals surface area contributed by atoms with Crippen LogP contribution in [0.5, 0.6) is 0 Å². The molecule has 0 fully saturated rings. The molecule has 0 aromatic rings. The fourth-order valence-corrected chi connectivity index (χ4v) is 0.666. The van der Waals surface area contributed by atoms with Crippen LogP contribution in [-0.2, 0) is 4.57 Å². The molecule has 0 aliphatic carbocycles. The number of amidine groups is 1. The summed E-state index contributed by atoms with van der Waals surface area (Å²) in [6, 6.07) is 0. The molecule has 0 rings (SSSR count). The second kappa shape index (κ2) is 2.26. The lowest BCUT2D eigenvalue weighted by Gasteiger charge is -1.98. The van der Waals surface area contributed by atoms with E-state index in [-0.39, 0.29) is 0 Å². The minimum atomic E-state index is -4.07. The molecule has 0 spiro atoms. The quantitative estimate of drug-likeness (QED) is 0.225. The second-order valence-corrected chi connectivity index (χ2v) is 2.99. The first-order valence-electron chi connectivity index (χ1n) is 1.79. The molecule has 0 aliphatic heterocycles. The summed E-state index contributed by atoms with van der Waals surface area (Å²) >= 11 is 0. The average molecular weight is 138 g/mol. The van der Waals surface area contributed by atoms with Crippen molar-refractivity contribution in [3.05, 3.63) is 0 Å². The Hall–Kier alpha value is -0.380. The van der Waals surface area contributed by atoms with Crippen LogP contribution in [0.2, 0.25) is 0 Å². The van der Waals surface area contributed by atoms with Gasteiger partial charge in [0.05, 0.1) is 0 Å². The summed E-state index contributed by atoms with van der Waals surface area (Å²) in [5, 5.41) is 6.44. The zero-order valence-corrected chi connectivity index (χ0v) is 4.93. The third kappa shape index (κ3) is 5.62. The van der Waals surface area contributed by atoms with E-state index in [4.69, 9.17) is 15.2 Å². The Kier molecular flexibility index (Phi) is 2.15.